The van der Waals surface area contributed by atoms with Crippen molar-refractivity contribution >= 4 is 23.3 Å². The van der Waals surface area contributed by atoms with E-state index in [4.69, 9.17) is 4.74 Å². The topological polar surface area (TPSA) is 58.6 Å². The van der Waals surface area contributed by atoms with Crippen molar-refractivity contribution < 1.29 is 14.3 Å². The van der Waals surface area contributed by atoms with Crippen molar-refractivity contribution in [1.82, 2.24) is 10.2 Å². The number of alkyl carbamates (subject to hydrolysis) is 1. The molecule has 1 heterocycles. The molecule has 5 nitrogen and oxygen atoms in total. The number of thiophene rings is 1. The summed E-state index contributed by atoms with van der Waals surface area (Å²) < 4.78 is 5.31. The van der Waals surface area contributed by atoms with Crippen LogP contribution in [-0.2, 0) is 29.1 Å². The number of carbonyl (C=O) groups is 2. The van der Waals surface area contributed by atoms with Gasteiger partial charge in [0, 0.05) is 18.3 Å². The Kier molecular flexibility index (Phi) is 7.41. The second kappa shape index (κ2) is 10.4. The summed E-state index contributed by atoms with van der Waals surface area (Å²) in [4.78, 5) is 28.1. The predicted octanol–water partition coefficient (Wildman–Crippen LogP) is 4.24. The highest BCUT2D eigenvalue weighted by Crippen LogP contribution is 2.13. The summed E-state index contributed by atoms with van der Waals surface area (Å²) >= 11 is 1.60. The van der Waals surface area contributed by atoms with Gasteiger partial charge >= 0.3 is 6.09 Å². The van der Waals surface area contributed by atoms with Gasteiger partial charge in [-0.1, -0.05) is 66.7 Å². The largest absolute Gasteiger partial charge is 0.445 e. The molecule has 0 saturated heterocycles. The fourth-order valence-corrected chi connectivity index (χ4v) is 3.69. The number of amides is 2. The molecule has 1 atom stereocenters. The Hall–Kier alpha value is -3.12. The molecule has 0 fully saturated rings. The van der Waals surface area contributed by atoms with E-state index in [0.717, 1.165) is 16.0 Å². The summed E-state index contributed by atoms with van der Waals surface area (Å²) in [7, 11) is 1.75. The number of hydrogen-bond donors (Lipinski definition) is 1. The first-order valence-electron chi connectivity index (χ1n) is 9.40. The Labute approximate surface area is 174 Å². The third-order valence-electron chi connectivity index (χ3n) is 4.43. The Morgan fingerprint density at radius 3 is 2.24 bits per heavy atom. The Morgan fingerprint density at radius 2 is 1.62 bits per heavy atom. The molecule has 3 rings (SSSR count). The van der Waals surface area contributed by atoms with Gasteiger partial charge in [0.1, 0.15) is 12.6 Å². The van der Waals surface area contributed by atoms with Crippen LogP contribution >= 0.6 is 11.3 Å². The highest BCUT2D eigenvalue weighted by atomic mass is 32.1. The van der Waals surface area contributed by atoms with Crippen molar-refractivity contribution in [3.8, 4) is 0 Å². The lowest BCUT2D eigenvalue weighted by Gasteiger charge is -2.24. The van der Waals surface area contributed by atoms with Crippen LogP contribution < -0.4 is 5.32 Å². The molecule has 0 aliphatic carbocycles. The first kappa shape index (κ1) is 20.6. The molecule has 150 valence electrons. The van der Waals surface area contributed by atoms with Gasteiger partial charge in [0.2, 0.25) is 5.91 Å². The van der Waals surface area contributed by atoms with E-state index < -0.39 is 12.1 Å². The van der Waals surface area contributed by atoms with Crippen LogP contribution in [0.1, 0.15) is 16.0 Å². The lowest BCUT2D eigenvalue weighted by Crippen LogP contribution is -2.48. The first-order valence-corrected chi connectivity index (χ1v) is 10.3. The molecule has 1 aromatic heterocycles. The molecule has 2 aromatic carbocycles. The third kappa shape index (κ3) is 6.47. The minimum atomic E-state index is -0.703. The number of nitrogens with zero attached hydrogens (tertiary/aromatic N) is 1. The Balaban J connectivity index is 1.64. The molecule has 0 bridgehead atoms. The lowest BCUT2D eigenvalue weighted by atomic mass is 10.0. The maximum absolute atomic E-state index is 13.0. The summed E-state index contributed by atoms with van der Waals surface area (Å²) in [6, 6.07) is 22.3. The number of likely N-dealkylation sites (N-methyl/N-ethyl adjacent to an activating group) is 1. The van der Waals surface area contributed by atoms with Crippen LogP contribution in [0.3, 0.4) is 0 Å². The number of rotatable bonds is 8. The summed E-state index contributed by atoms with van der Waals surface area (Å²) in [5.74, 6) is -0.154. The molecule has 0 aliphatic rings. The number of carbonyl (C=O) groups excluding carboxylic acids is 2. The first-order chi connectivity index (χ1) is 14.1. The zero-order chi connectivity index (χ0) is 20.5. The minimum absolute atomic E-state index is 0.154. The van der Waals surface area contributed by atoms with Crippen LogP contribution in [0.4, 0.5) is 4.79 Å². The maximum Gasteiger partial charge on any atom is 0.408 e. The van der Waals surface area contributed by atoms with Crippen molar-refractivity contribution in [3.63, 3.8) is 0 Å². The monoisotopic (exact) mass is 408 g/mol. The number of ether oxygens (including phenoxy) is 1. The zero-order valence-electron chi connectivity index (χ0n) is 16.3. The minimum Gasteiger partial charge on any atom is -0.445 e. The van der Waals surface area contributed by atoms with Gasteiger partial charge in [-0.3, -0.25) is 4.79 Å². The summed E-state index contributed by atoms with van der Waals surface area (Å²) in [6.45, 7) is 0.659. The van der Waals surface area contributed by atoms with E-state index in [1.807, 2.05) is 78.2 Å². The highest BCUT2D eigenvalue weighted by molar-refractivity contribution is 7.09. The SMILES string of the molecule is CN(Cc1cccs1)C(=O)C(Cc1ccccc1)NC(=O)OCc1ccccc1. The van der Waals surface area contributed by atoms with Crippen LogP contribution in [-0.4, -0.2) is 30.0 Å². The second-order valence-electron chi connectivity index (χ2n) is 6.72. The number of nitrogens with one attached hydrogen (secondary N) is 1. The predicted molar refractivity (Wildman–Crippen MR) is 114 cm³/mol. The average molecular weight is 409 g/mol. The normalized spacial score (nSPS) is 11.5. The van der Waals surface area contributed by atoms with E-state index in [9.17, 15) is 9.59 Å². The molecular formula is C23H24N2O3S. The smallest absolute Gasteiger partial charge is 0.408 e. The average Bonchev–Trinajstić information content (AvgIpc) is 3.26. The summed E-state index contributed by atoms with van der Waals surface area (Å²) in [5.41, 5.74) is 1.86. The quantitative estimate of drug-likeness (QED) is 0.606. The van der Waals surface area contributed by atoms with Gasteiger partial charge in [-0.15, -0.1) is 11.3 Å². The van der Waals surface area contributed by atoms with Crippen LogP contribution in [0.15, 0.2) is 78.2 Å². The standard InChI is InChI=1S/C23H24N2O3S/c1-25(16-20-13-8-14-29-20)22(26)21(15-18-9-4-2-5-10-18)24-23(27)28-17-19-11-6-3-7-12-19/h2-14,21H,15-17H2,1H3,(H,24,27). The van der Waals surface area contributed by atoms with Crippen molar-refractivity contribution in [1.29, 1.82) is 0 Å². The van der Waals surface area contributed by atoms with E-state index in [0.29, 0.717) is 13.0 Å². The summed E-state index contributed by atoms with van der Waals surface area (Å²) in [5, 5.41) is 4.73. The van der Waals surface area contributed by atoms with Gasteiger partial charge in [0.05, 0.1) is 6.54 Å². The zero-order valence-corrected chi connectivity index (χ0v) is 17.1. The van der Waals surface area contributed by atoms with Gasteiger partial charge < -0.3 is 15.0 Å². The lowest BCUT2D eigenvalue weighted by molar-refractivity contribution is -0.132. The summed E-state index contributed by atoms with van der Waals surface area (Å²) in [6.07, 6.45) is -0.206. The van der Waals surface area contributed by atoms with Crippen molar-refractivity contribution in [2.75, 3.05) is 7.05 Å². The van der Waals surface area contributed by atoms with Gasteiger partial charge in [0.15, 0.2) is 0 Å². The molecule has 6 heteroatoms. The molecule has 0 aliphatic heterocycles. The fraction of sp³-hybridized carbons (Fsp3) is 0.217. The third-order valence-corrected chi connectivity index (χ3v) is 5.30. The van der Waals surface area contributed by atoms with Crippen LogP contribution in [0.5, 0.6) is 0 Å². The van der Waals surface area contributed by atoms with Crippen LogP contribution in [0, 0.1) is 0 Å². The highest BCUT2D eigenvalue weighted by Gasteiger charge is 2.25. The molecule has 1 N–H and O–H groups in total. The Morgan fingerprint density at radius 1 is 0.966 bits per heavy atom. The van der Waals surface area contributed by atoms with Gasteiger partial charge in [0.25, 0.3) is 0 Å². The van der Waals surface area contributed by atoms with E-state index in [-0.39, 0.29) is 12.5 Å². The van der Waals surface area contributed by atoms with E-state index in [2.05, 4.69) is 5.32 Å². The molecule has 2 amide bonds. The Bertz CT molecular complexity index is 898. The van der Waals surface area contributed by atoms with E-state index in [1.165, 1.54) is 0 Å². The molecule has 29 heavy (non-hydrogen) atoms. The molecular weight excluding hydrogens is 384 g/mol. The van der Waals surface area contributed by atoms with Gasteiger partial charge in [-0.05, 0) is 22.6 Å². The van der Waals surface area contributed by atoms with Crippen molar-refractivity contribution in [2.45, 2.75) is 25.6 Å². The second-order valence-corrected chi connectivity index (χ2v) is 7.75. The van der Waals surface area contributed by atoms with Gasteiger partial charge in [-0.2, -0.15) is 0 Å². The molecule has 3 aromatic rings. The number of hydrogen-bond acceptors (Lipinski definition) is 4. The van der Waals surface area contributed by atoms with Crippen molar-refractivity contribution in [2.24, 2.45) is 0 Å². The van der Waals surface area contributed by atoms with Crippen molar-refractivity contribution in [3.05, 3.63) is 94.2 Å². The van der Waals surface area contributed by atoms with E-state index >= 15 is 0 Å². The molecule has 0 radical (unpaired) electrons. The number of benzene rings is 2. The maximum atomic E-state index is 13.0. The van der Waals surface area contributed by atoms with E-state index in [1.54, 1.807) is 23.3 Å². The molecule has 1 unspecified atom stereocenters. The van der Waals surface area contributed by atoms with Crippen LogP contribution in [0.25, 0.3) is 0 Å². The van der Waals surface area contributed by atoms with Gasteiger partial charge in [-0.25, -0.2) is 4.79 Å². The molecule has 0 spiro atoms. The molecule has 0 saturated carbocycles. The fourth-order valence-electron chi connectivity index (χ4n) is 2.94. The van der Waals surface area contributed by atoms with Crippen LogP contribution in [0.2, 0.25) is 0 Å².